The highest BCUT2D eigenvalue weighted by atomic mass is 16.3. The molecule has 1 atom stereocenters. The first-order chi connectivity index (χ1) is 13.0. The van der Waals surface area contributed by atoms with Gasteiger partial charge >= 0.3 is 0 Å². The highest BCUT2D eigenvalue weighted by Crippen LogP contribution is 2.44. The van der Waals surface area contributed by atoms with E-state index in [2.05, 4.69) is 59.7 Å². The molecular weight excluding hydrogens is 346 g/mol. The van der Waals surface area contributed by atoms with E-state index in [1.165, 1.54) is 0 Å². The van der Waals surface area contributed by atoms with Crippen LogP contribution in [0, 0.1) is 11.3 Å². The quantitative estimate of drug-likeness (QED) is 0.633. The number of rotatable bonds is 2. The first-order valence-electron chi connectivity index (χ1n) is 9.86. The van der Waals surface area contributed by atoms with Crippen LogP contribution in [0.2, 0.25) is 0 Å². The first-order valence-corrected chi connectivity index (χ1v) is 9.86. The summed E-state index contributed by atoms with van der Waals surface area (Å²) >= 11 is 0. The predicted octanol–water partition coefficient (Wildman–Crippen LogP) is 6.43. The third kappa shape index (κ3) is 3.71. The number of nitrogens with zero attached hydrogens (tertiary/aromatic N) is 1. The van der Waals surface area contributed by atoms with Crippen molar-refractivity contribution in [3.63, 3.8) is 0 Å². The maximum Gasteiger partial charge on any atom is 0.161 e. The molecule has 0 amide bonds. The molecule has 0 saturated carbocycles. The third-order valence-corrected chi connectivity index (χ3v) is 5.31. The van der Waals surface area contributed by atoms with Crippen LogP contribution in [-0.2, 0) is 12.0 Å². The van der Waals surface area contributed by atoms with Crippen molar-refractivity contribution in [1.29, 1.82) is 0 Å². The Morgan fingerprint density at radius 3 is 2.07 bits per heavy atom. The van der Waals surface area contributed by atoms with Gasteiger partial charge in [-0.25, -0.2) is 0 Å². The lowest BCUT2D eigenvalue weighted by molar-refractivity contribution is 0.244. The number of aliphatic imine (C=N–C) groups is 1. The molecule has 0 heterocycles. The van der Waals surface area contributed by atoms with E-state index < -0.39 is 0 Å². The predicted molar refractivity (Wildman–Crippen MR) is 117 cm³/mol. The zero-order chi connectivity index (χ0) is 20.7. The van der Waals surface area contributed by atoms with E-state index in [1.54, 1.807) is 0 Å². The van der Waals surface area contributed by atoms with Gasteiger partial charge in [0.15, 0.2) is 5.76 Å². The second-order valence-electron chi connectivity index (χ2n) is 9.70. The minimum absolute atomic E-state index is 0.0119. The zero-order valence-electron chi connectivity index (χ0n) is 17.7. The highest BCUT2D eigenvalue weighted by Gasteiger charge is 2.42. The fourth-order valence-electron chi connectivity index (χ4n) is 3.95. The molecule has 3 heteroatoms. The number of allylic oxidation sites excluding steroid dienone is 1. The topological polar surface area (TPSA) is 52.8 Å². The lowest BCUT2D eigenvalue weighted by atomic mass is 9.68. The van der Waals surface area contributed by atoms with Gasteiger partial charge in [-0.15, -0.1) is 0 Å². The number of aliphatic hydroxyl groups is 2. The second-order valence-corrected chi connectivity index (χ2v) is 9.70. The summed E-state index contributed by atoms with van der Waals surface area (Å²) in [5.41, 5.74) is 4.32. The summed E-state index contributed by atoms with van der Waals surface area (Å²) in [6, 6.07) is 16.0. The van der Waals surface area contributed by atoms with Crippen LogP contribution in [0.3, 0.4) is 0 Å². The number of benzene rings is 2. The molecule has 3 rings (SSSR count). The molecule has 1 aliphatic carbocycles. The van der Waals surface area contributed by atoms with Crippen molar-refractivity contribution in [2.24, 2.45) is 16.3 Å². The van der Waals surface area contributed by atoms with Crippen molar-refractivity contribution in [3.8, 4) is 0 Å². The summed E-state index contributed by atoms with van der Waals surface area (Å²) in [4.78, 5) is 5.01. The van der Waals surface area contributed by atoms with Gasteiger partial charge in [0.25, 0.3) is 0 Å². The Balaban J connectivity index is 2.28. The molecule has 0 bridgehead atoms. The van der Waals surface area contributed by atoms with E-state index >= 15 is 0 Å². The monoisotopic (exact) mass is 377 g/mol. The summed E-state index contributed by atoms with van der Waals surface area (Å²) in [6.45, 7) is 13.3. The molecule has 1 aliphatic rings. The Morgan fingerprint density at radius 1 is 0.857 bits per heavy atom. The molecule has 1 unspecified atom stereocenters. The lowest BCUT2D eigenvalue weighted by Crippen LogP contribution is -2.37. The Morgan fingerprint density at radius 2 is 1.50 bits per heavy atom. The SMILES string of the molecule is CC(C)(C)c1cccc2c1C(=NCc1ccccc1)C(C(C)(C)C)C(O)=C2O. The smallest absolute Gasteiger partial charge is 0.161 e. The Labute approximate surface area is 168 Å². The fraction of sp³-hybridized carbons (Fsp3) is 0.400. The normalized spacial score (nSPS) is 19.1. The van der Waals surface area contributed by atoms with Crippen LogP contribution >= 0.6 is 0 Å². The van der Waals surface area contributed by atoms with Gasteiger partial charge in [-0.05, 0) is 22.0 Å². The summed E-state index contributed by atoms with van der Waals surface area (Å²) in [7, 11) is 0. The fourth-order valence-corrected chi connectivity index (χ4v) is 3.95. The molecule has 0 fully saturated rings. The number of hydrogen-bond acceptors (Lipinski definition) is 3. The molecule has 2 N–H and O–H groups in total. The Bertz CT molecular complexity index is 925. The minimum Gasteiger partial charge on any atom is -0.508 e. The van der Waals surface area contributed by atoms with Gasteiger partial charge in [-0.1, -0.05) is 90.1 Å². The largest absolute Gasteiger partial charge is 0.508 e. The van der Waals surface area contributed by atoms with Gasteiger partial charge in [0, 0.05) is 11.1 Å². The van der Waals surface area contributed by atoms with Crippen LogP contribution in [-0.4, -0.2) is 15.9 Å². The van der Waals surface area contributed by atoms with Crippen molar-refractivity contribution in [3.05, 3.63) is 76.5 Å². The van der Waals surface area contributed by atoms with Crippen LogP contribution in [0.5, 0.6) is 0 Å². The molecule has 28 heavy (non-hydrogen) atoms. The number of fused-ring (bicyclic) bond motifs is 1. The average molecular weight is 378 g/mol. The molecule has 2 aromatic rings. The first kappa shape index (κ1) is 20.2. The summed E-state index contributed by atoms with van der Waals surface area (Å²) in [6.07, 6.45) is 0. The van der Waals surface area contributed by atoms with Crippen molar-refractivity contribution in [1.82, 2.24) is 0 Å². The van der Waals surface area contributed by atoms with Crippen molar-refractivity contribution in [2.45, 2.75) is 53.5 Å². The van der Waals surface area contributed by atoms with E-state index in [0.717, 1.165) is 22.4 Å². The van der Waals surface area contributed by atoms with Gasteiger partial charge in [-0.3, -0.25) is 4.99 Å². The van der Waals surface area contributed by atoms with Crippen LogP contribution in [0.15, 0.2) is 59.3 Å². The zero-order valence-corrected chi connectivity index (χ0v) is 17.7. The van der Waals surface area contributed by atoms with E-state index in [1.807, 2.05) is 30.3 Å². The van der Waals surface area contributed by atoms with E-state index in [4.69, 9.17) is 4.99 Å². The Kier molecular flexibility index (Phi) is 5.14. The van der Waals surface area contributed by atoms with Crippen LogP contribution < -0.4 is 0 Å². The molecule has 0 aromatic heterocycles. The van der Waals surface area contributed by atoms with E-state index in [9.17, 15) is 10.2 Å². The minimum atomic E-state index is -0.368. The van der Waals surface area contributed by atoms with Crippen LogP contribution in [0.4, 0.5) is 0 Å². The van der Waals surface area contributed by atoms with Gasteiger partial charge in [0.2, 0.25) is 0 Å². The molecule has 0 aliphatic heterocycles. The maximum absolute atomic E-state index is 10.9. The maximum atomic E-state index is 10.9. The van der Waals surface area contributed by atoms with Gasteiger partial charge in [0.05, 0.1) is 18.2 Å². The van der Waals surface area contributed by atoms with Crippen molar-refractivity contribution in [2.75, 3.05) is 0 Å². The Hall–Kier alpha value is -2.55. The van der Waals surface area contributed by atoms with Gasteiger partial charge < -0.3 is 10.2 Å². The molecule has 0 spiro atoms. The average Bonchev–Trinajstić information content (AvgIpc) is 2.62. The van der Waals surface area contributed by atoms with Crippen LogP contribution in [0.1, 0.15) is 63.8 Å². The van der Waals surface area contributed by atoms with Crippen LogP contribution in [0.25, 0.3) is 5.76 Å². The van der Waals surface area contributed by atoms with E-state index in [0.29, 0.717) is 12.1 Å². The summed E-state index contributed by atoms with van der Waals surface area (Å²) in [5.74, 6) is -0.384. The summed E-state index contributed by atoms with van der Waals surface area (Å²) in [5, 5.41) is 21.8. The van der Waals surface area contributed by atoms with Gasteiger partial charge in [-0.2, -0.15) is 0 Å². The third-order valence-electron chi connectivity index (χ3n) is 5.31. The van der Waals surface area contributed by atoms with Crippen molar-refractivity contribution < 1.29 is 10.2 Å². The van der Waals surface area contributed by atoms with Crippen molar-refractivity contribution >= 4 is 11.5 Å². The summed E-state index contributed by atoms with van der Waals surface area (Å²) < 4.78 is 0. The molecule has 0 saturated heterocycles. The van der Waals surface area contributed by atoms with E-state index in [-0.39, 0.29) is 28.3 Å². The molecular formula is C25H31NO2. The lowest BCUT2D eigenvalue weighted by Gasteiger charge is -2.38. The van der Waals surface area contributed by atoms with Gasteiger partial charge in [0.1, 0.15) is 5.76 Å². The molecule has 3 nitrogen and oxygen atoms in total. The molecule has 2 aromatic carbocycles. The molecule has 148 valence electrons. The number of aliphatic hydroxyl groups excluding tert-OH is 2. The standard InChI is InChI=1S/C25H31NO2/c1-24(2,3)18-14-10-13-17-19(18)21(26-15-16-11-8-7-9-12-16)20(25(4,5)6)23(28)22(17)27/h7-14,20,27-28H,15H2,1-6H3. The second kappa shape index (κ2) is 7.12. The molecule has 0 radical (unpaired) electrons. The number of hydrogen-bond donors (Lipinski definition) is 2. The highest BCUT2D eigenvalue weighted by molar-refractivity contribution is 6.11.